The number of carbonyl (C=O) groups excluding carboxylic acids is 4. The Morgan fingerprint density at radius 1 is 0.943 bits per heavy atom. The van der Waals surface area contributed by atoms with E-state index >= 15 is 0 Å². The topological polar surface area (TPSA) is 105 Å². The van der Waals surface area contributed by atoms with Crippen LogP contribution in [0.15, 0.2) is 54.6 Å². The van der Waals surface area contributed by atoms with E-state index in [0.29, 0.717) is 24.7 Å². The summed E-state index contributed by atoms with van der Waals surface area (Å²) < 4.78 is 5.31. The maximum absolute atomic E-state index is 13.2. The third-order valence-electron chi connectivity index (χ3n) is 5.91. The van der Waals surface area contributed by atoms with Crippen LogP contribution < -0.4 is 5.32 Å². The molecular formula is C26H29N3O6. The van der Waals surface area contributed by atoms with Gasteiger partial charge in [0.05, 0.1) is 17.0 Å². The van der Waals surface area contributed by atoms with Gasteiger partial charge in [-0.15, -0.1) is 0 Å². The van der Waals surface area contributed by atoms with Crippen LogP contribution in [0, 0.1) is 11.8 Å². The minimum absolute atomic E-state index is 0.183. The van der Waals surface area contributed by atoms with Gasteiger partial charge in [0.15, 0.2) is 0 Å². The number of amides is 3. The average molecular weight is 480 g/mol. The number of hydroxylamine groups is 2. The monoisotopic (exact) mass is 479 g/mol. The molecule has 0 spiro atoms. The van der Waals surface area contributed by atoms with Gasteiger partial charge in [0.25, 0.3) is 11.8 Å². The standard InChI is InChI=1S/C26H29N3O6/c1-26(2,3)34-25(33)27-13-18-15-28(14-17-9-5-4-6-10-17)16-21(18)24(32)35-29-22(30)19-11-7-8-12-20(19)23(29)31/h4-12,18,21H,13-16H2,1-3H3,(H,27,33)/t18-,21-/m1/s1. The lowest BCUT2D eigenvalue weighted by atomic mass is 9.96. The second-order valence-corrected chi connectivity index (χ2v) is 9.79. The molecule has 2 heterocycles. The zero-order valence-corrected chi connectivity index (χ0v) is 20.0. The lowest BCUT2D eigenvalue weighted by Gasteiger charge is -2.22. The smallest absolute Gasteiger partial charge is 0.407 e. The van der Waals surface area contributed by atoms with Crippen molar-refractivity contribution in [2.75, 3.05) is 19.6 Å². The van der Waals surface area contributed by atoms with Crippen LogP contribution in [0.2, 0.25) is 0 Å². The number of nitrogens with zero attached hydrogens (tertiary/aromatic N) is 2. The van der Waals surface area contributed by atoms with E-state index in [1.54, 1.807) is 32.9 Å². The maximum atomic E-state index is 13.2. The number of imide groups is 1. The summed E-state index contributed by atoms with van der Waals surface area (Å²) in [4.78, 5) is 58.1. The molecule has 2 aliphatic rings. The van der Waals surface area contributed by atoms with Gasteiger partial charge in [-0.2, -0.15) is 0 Å². The van der Waals surface area contributed by atoms with Crippen molar-refractivity contribution in [3.63, 3.8) is 0 Å². The molecule has 184 valence electrons. The average Bonchev–Trinajstić information content (AvgIpc) is 3.32. The highest BCUT2D eigenvalue weighted by molar-refractivity contribution is 6.20. The van der Waals surface area contributed by atoms with Crippen LogP contribution in [0.4, 0.5) is 4.79 Å². The number of benzene rings is 2. The molecule has 1 N–H and O–H groups in total. The SMILES string of the molecule is CC(C)(C)OC(=O)NC[C@@H]1CN(Cc2ccccc2)C[C@H]1C(=O)ON1C(=O)c2ccccc2C1=O. The Morgan fingerprint density at radius 2 is 1.54 bits per heavy atom. The molecule has 1 fully saturated rings. The van der Waals surface area contributed by atoms with E-state index in [2.05, 4.69) is 10.2 Å². The molecule has 0 unspecified atom stereocenters. The van der Waals surface area contributed by atoms with E-state index in [1.807, 2.05) is 30.3 Å². The highest BCUT2D eigenvalue weighted by atomic mass is 16.7. The molecular weight excluding hydrogens is 450 g/mol. The molecule has 3 amide bonds. The molecule has 1 saturated heterocycles. The lowest BCUT2D eigenvalue weighted by Crippen LogP contribution is -2.41. The van der Waals surface area contributed by atoms with Crippen LogP contribution >= 0.6 is 0 Å². The number of alkyl carbamates (subject to hydrolysis) is 1. The van der Waals surface area contributed by atoms with Crippen molar-refractivity contribution in [1.29, 1.82) is 0 Å². The number of hydrogen-bond acceptors (Lipinski definition) is 7. The van der Waals surface area contributed by atoms with E-state index in [9.17, 15) is 19.2 Å². The second-order valence-electron chi connectivity index (χ2n) is 9.79. The van der Waals surface area contributed by atoms with Crippen molar-refractivity contribution in [2.24, 2.45) is 11.8 Å². The van der Waals surface area contributed by atoms with E-state index < -0.39 is 35.4 Å². The van der Waals surface area contributed by atoms with Crippen LogP contribution in [0.1, 0.15) is 47.1 Å². The summed E-state index contributed by atoms with van der Waals surface area (Å²) in [6.45, 7) is 6.98. The maximum Gasteiger partial charge on any atom is 0.407 e. The molecule has 0 aromatic heterocycles. The van der Waals surface area contributed by atoms with E-state index in [1.165, 1.54) is 12.1 Å². The Kier molecular flexibility index (Phi) is 6.88. The first-order valence-corrected chi connectivity index (χ1v) is 11.5. The number of likely N-dealkylation sites (tertiary alicyclic amines) is 1. The molecule has 0 saturated carbocycles. The summed E-state index contributed by atoms with van der Waals surface area (Å²) in [7, 11) is 0. The summed E-state index contributed by atoms with van der Waals surface area (Å²) >= 11 is 0. The highest BCUT2D eigenvalue weighted by Crippen LogP contribution is 2.29. The quantitative estimate of drug-likeness (QED) is 0.635. The first kappa shape index (κ1) is 24.4. The predicted molar refractivity (Wildman–Crippen MR) is 126 cm³/mol. The van der Waals surface area contributed by atoms with E-state index in [-0.39, 0.29) is 23.6 Å². The summed E-state index contributed by atoms with van der Waals surface area (Å²) in [6, 6.07) is 16.2. The third kappa shape index (κ3) is 5.68. The van der Waals surface area contributed by atoms with Crippen LogP contribution in [-0.4, -0.2) is 59.1 Å². The van der Waals surface area contributed by atoms with Crippen molar-refractivity contribution in [3.8, 4) is 0 Å². The fourth-order valence-corrected chi connectivity index (χ4v) is 4.34. The van der Waals surface area contributed by atoms with Crippen LogP contribution in [-0.2, 0) is 20.9 Å². The fraction of sp³-hybridized carbons (Fsp3) is 0.385. The number of nitrogens with one attached hydrogen (secondary N) is 1. The highest BCUT2D eigenvalue weighted by Gasteiger charge is 2.44. The largest absolute Gasteiger partial charge is 0.444 e. The summed E-state index contributed by atoms with van der Waals surface area (Å²) in [6.07, 6.45) is -0.577. The molecule has 2 aromatic carbocycles. The van der Waals surface area contributed by atoms with Crippen molar-refractivity contribution in [3.05, 3.63) is 71.3 Å². The van der Waals surface area contributed by atoms with Gasteiger partial charge in [0, 0.05) is 32.1 Å². The third-order valence-corrected chi connectivity index (χ3v) is 5.91. The van der Waals surface area contributed by atoms with Gasteiger partial charge in [-0.3, -0.25) is 14.5 Å². The Hall–Kier alpha value is -3.72. The fourth-order valence-electron chi connectivity index (χ4n) is 4.34. The Bertz CT molecular complexity index is 1090. The van der Waals surface area contributed by atoms with E-state index in [0.717, 1.165) is 5.56 Å². The Morgan fingerprint density at radius 3 is 2.14 bits per heavy atom. The number of hydrogen-bond donors (Lipinski definition) is 1. The first-order valence-electron chi connectivity index (χ1n) is 11.5. The molecule has 4 rings (SSSR count). The summed E-state index contributed by atoms with van der Waals surface area (Å²) in [5.41, 5.74) is 0.833. The minimum atomic E-state index is -0.689. The van der Waals surface area contributed by atoms with Crippen LogP contribution in [0.5, 0.6) is 0 Å². The molecule has 9 nitrogen and oxygen atoms in total. The first-order chi connectivity index (χ1) is 16.6. The molecule has 2 aliphatic heterocycles. The molecule has 2 aromatic rings. The van der Waals surface area contributed by atoms with Gasteiger partial charge in [-0.25, -0.2) is 9.59 Å². The normalized spacial score (nSPS) is 20.0. The summed E-state index contributed by atoms with van der Waals surface area (Å²) in [5.74, 6) is -2.97. The van der Waals surface area contributed by atoms with Gasteiger partial charge >= 0.3 is 12.1 Å². The van der Waals surface area contributed by atoms with Crippen LogP contribution in [0.3, 0.4) is 0 Å². The van der Waals surface area contributed by atoms with Crippen molar-refractivity contribution >= 4 is 23.9 Å². The Balaban J connectivity index is 1.46. The Labute approximate surface area is 203 Å². The van der Waals surface area contributed by atoms with Gasteiger partial charge in [0.1, 0.15) is 5.60 Å². The lowest BCUT2D eigenvalue weighted by molar-refractivity contribution is -0.174. The van der Waals surface area contributed by atoms with Gasteiger partial charge in [-0.05, 0) is 38.5 Å². The van der Waals surface area contributed by atoms with Gasteiger partial charge in [0.2, 0.25) is 0 Å². The molecule has 0 radical (unpaired) electrons. The van der Waals surface area contributed by atoms with Gasteiger partial charge in [-0.1, -0.05) is 47.5 Å². The number of carbonyl (C=O) groups is 4. The van der Waals surface area contributed by atoms with Crippen molar-refractivity contribution in [1.82, 2.24) is 15.3 Å². The second kappa shape index (κ2) is 9.87. The zero-order valence-electron chi connectivity index (χ0n) is 20.0. The molecule has 9 heteroatoms. The van der Waals surface area contributed by atoms with E-state index in [4.69, 9.17) is 9.57 Å². The van der Waals surface area contributed by atoms with Crippen molar-refractivity contribution < 1.29 is 28.8 Å². The van der Waals surface area contributed by atoms with Crippen LogP contribution in [0.25, 0.3) is 0 Å². The van der Waals surface area contributed by atoms with Crippen molar-refractivity contribution in [2.45, 2.75) is 32.9 Å². The molecule has 2 atom stereocenters. The molecule has 0 bridgehead atoms. The molecule has 35 heavy (non-hydrogen) atoms. The number of rotatable bonds is 6. The summed E-state index contributed by atoms with van der Waals surface area (Å²) in [5, 5.41) is 3.27. The van der Waals surface area contributed by atoms with Gasteiger partial charge < -0.3 is 14.9 Å². The number of fused-ring (bicyclic) bond motifs is 1. The predicted octanol–water partition coefficient (Wildman–Crippen LogP) is 3.01. The zero-order chi connectivity index (χ0) is 25.2. The minimum Gasteiger partial charge on any atom is -0.444 e. The molecule has 0 aliphatic carbocycles. The number of ether oxygens (including phenoxy) is 1.